The summed E-state index contributed by atoms with van der Waals surface area (Å²) in [6, 6.07) is 7.60. The zero-order chi connectivity index (χ0) is 11.6. The number of aliphatic hydroxyl groups excluding tert-OH is 2. The van der Waals surface area contributed by atoms with E-state index in [4.69, 9.17) is 10.2 Å². The Morgan fingerprint density at radius 1 is 0.875 bits per heavy atom. The normalized spacial score (nSPS) is 8.62. The van der Waals surface area contributed by atoms with Crippen LogP contribution in [0.4, 0.5) is 0 Å². The summed E-state index contributed by atoms with van der Waals surface area (Å²) in [5, 5.41) is 17.2. The minimum Gasteiger partial charge on any atom is -0.395 e. The summed E-state index contributed by atoms with van der Waals surface area (Å²) in [6.07, 6.45) is 0.973. The molecule has 0 atom stereocenters. The van der Waals surface area contributed by atoms with Crippen molar-refractivity contribution < 1.29 is 10.2 Å². The van der Waals surface area contributed by atoms with Gasteiger partial charge in [0.25, 0.3) is 0 Å². The maximum absolute atomic E-state index is 8.59. The van der Waals surface area contributed by atoms with Crippen LogP contribution in [-0.2, 0) is 0 Å². The smallest absolute Gasteiger partial charge is 0.0540 e. The van der Waals surface area contributed by atoms with Crippen molar-refractivity contribution in [2.75, 3.05) is 13.2 Å². The van der Waals surface area contributed by atoms with Crippen molar-refractivity contribution in [2.24, 2.45) is 0 Å². The molecule has 0 aliphatic carbocycles. The molecule has 0 aromatic heterocycles. The number of benzene rings is 1. The Kier molecular flexibility index (Phi) is 5.81. The molecule has 0 bridgehead atoms. The maximum Gasteiger partial charge on any atom is 0.0540 e. The van der Waals surface area contributed by atoms with Crippen LogP contribution in [0.2, 0.25) is 0 Å². The highest BCUT2D eigenvalue weighted by Crippen LogP contribution is 2.02. The van der Waals surface area contributed by atoms with Crippen molar-refractivity contribution in [3.63, 3.8) is 0 Å². The summed E-state index contributed by atoms with van der Waals surface area (Å²) in [7, 11) is 0. The van der Waals surface area contributed by atoms with Crippen molar-refractivity contribution >= 4 is 0 Å². The van der Waals surface area contributed by atoms with Gasteiger partial charge in [-0.05, 0) is 18.2 Å². The van der Waals surface area contributed by atoms with Gasteiger partial charge in [-0.3, -0.25) is 0 Å². The average molecular weight is 214 g/mol. The van der Waals surface area contributed by atoms with E-state index in [2.05, 4.69) is 23.7 Å². The topological polar surface area (TPSA) is 40.5 Å². The quantitative estimate of drug-likeness (QED) is 0.725. The van der Waals surface area contributed by atoms with E-state index < -0.39 is 0 Å². The van der Waals surface area contributed by atoms with E-state index in [1.165, 1.54) is 0 Å². The van der Waals surface area contributed by atoms with Crippen LogP contribution in [0.5, 0.6) is 0 Å². The highest BCUT2D eigenvalue weighted by Gasteiger charge is 1.89. The Balaban J connectivity index is 2.73. The summed E-state index contributed by atoms with van der Waals surface area (Å²) >= 11 is 0. The summed E-state index contributed by atoms with van der Waals surface area (Å²) in [6.45, 7) is 0.173. The number of aliphatic hydroxyl groups is 2. The van der Waals surface area contributed by atoms with Gasteiger partial charge in [-0.2, -0.15) is 0 Å². The van der Waals surface area contributed by atoms with E-state index in [0.29, 0.717) is 12.8 Å². The van der Waals surface area contributed by atoms with Gasteiger partial charge in [0.05, 0.1) is 13.2 Å². The van der Waals surface area contributed by atoms with Crippen LogP contribution in [0.1, 0.15) is 24.0 Å². The standard InChI is InChI=1S/C14H14O2/c15-10-3-1-6-13-8-5-9-14(12-13)7-2-4-11-16/h5,8-9,12,15-16H,3-4,10-11H2. The minimum atomic E-state index is 0.0863. The Morgan fingerprint density at radius 3 is 1.81 bits per heavy atom. The lowest BCUT2D eigenvalue weighted by atomic mass is 10.1. The summed E-state index contributed by atoms with van der Waals surface area (Å²) < 4.78 is 0. The first kappa shape index (κ1) is 12.3. The molecule has 0 saturated carbocycles. The molecule has 0 aliphatic heterocycles. The van der Waals surface area contributed by atoms with E-state index in [0.717, 1.165) is 11.1 Å². The molecule has 0 fully saturated rings. The molecule has 1 aromatic carbocycles. The summed E-state index contributed by atoms with van der Waals surface area (Å²) in [5.74, 6) is 11.6. The van der Waals surface area contributed by atoms with Gasteiger partial charge in [-0.15, -0.1) is 0 Å². The lowest BCUT2D eigenvalue weighted by Crippen LogP contribution is -1.81. The van der Waals surface area contributed by atoms with E-state index in [1.54, 1.807) is 0 Å². The molecule has 0 saturated heterocycles. The molecule has 0 heterocycles. The van der Waals surface area contributed by atoms with Crippen molar-refractivity contribution in [1.29, 1.82) is 0 Å². The van der Waals surface area contributed by atoms with Gasteiger partial charge in [0.1, 0.15) is 0 Å². The zero-order valence-electron chi connectivity index (χ0n) is 9.03. The molecule has 2 nitrogen and oxygen atoms in total. The van der Waals surface area contributed by atoms with Gasteiger partial charge in [0.2, 0.25) is 0 Å². The second kappa shape index (κ2) is 7.54. The minimum absolute atomic E-state index is 0.0863. The van der Waals surface area contributed by atoms with Crippen molar-refractivity contribution in [1.82, 2.24) is 0 Å². The molecule has 2 N–H and O–H groups in total. The third-order valence-corrected chi connectivity index (χ3v) is 1.80. The monoisotopic (exact) mass is 214 g/mol. The predicted molar refractivity (Wildman–Crippen MR) is 63.6 cm³/mol. The molecule has 16 heavy (non-hydrogen) atoms. The lowest BCUT2D eigenvalue weighted by molar-refractivity contribution is 0.304. The molecule has 0 spiro atoms. The highest BCUT2D eigenvalue weighted by molar-refractivity contribution is 5.43. The van der Waals surface area contributed by atoms with Gasteiger partial charge in [-0.1, -0.05) is 29.7 Å². The van der Waals surface area contributed by atoms with Gasteiger partial charge >= 0.3 is 0 Å². The Morgan fingerprint density at radius 2 is 1.38 bits per heavy atom. The second-order valence-corrected chi connectivity index (χ2v) is 3.13. The molecule has 1 aromatic rings. The first-order chi connectivity index (χ1) is 7.86. The zero-order valence-corrected chi connectivity index (χ0v) is 9.03. The predicted octanol–water partition coefficient (Wildman–Crippen LogP) is 1.15. The van der Waals surface area contributed by atoms with Crippen molar-refractivity contribution in [3.8, 4) is 23.7 Å². The molecule has 82 valence electrons. The summed E-state index contributed by atoms with van der Waals surface area (Å²) in [4.78, 5) is 0. The van der Waals surface area contributed by atoms with E-state index in [-0.39, 0.29) is 13.2 Å². The van der Waals surface area contributed by atoms with E-state index in [1.807, 2.05) is 24.3 Å². The fourth-order valence-electron chi connectivity index (χ4n) is 1.12. The highest BCUT2D eigenvalue weighted by atomic mass is 16.3. The Hall–Kier alpha value is -1.74. The van der Waals surface area contributed by atoms with Gasteiger partial charge < -0.3 is 10.2 Å². The molecular formula is C14H14O2. The first-order valence-electron chi connectivity index (χ1n) is 5.16. The van der Waals surface area contributed by atoms with Gasteiger partial charge in [0, 0.05) is 24.0 Å². The molecular weight excluding hydrogens is 200 g/mol. The Labute approximate surface area is 95.9 Å². The van der Waals surface area contributed by atoms with Gasteiger partial charge in [-0.25, -0.2) is 0 Å². The van der Waals surface area contributed by atoms with Crippen molar-refractivity contribution in [2.45, 2.75) is 12.8 Å². The molecule has 0 aliphatic rings. The van der Waals surface area contributed by atoms with Crippen LogP contribution in [0.25, 0.3) is 0 Å². The third kappa shape index (κ3) is 4.66. The van der Waals surface area contributed by atoms with Crippen LogP contribution in [0.3, 0.4) is 0 Å². The second-order valence-electron chi connectivity index (χ2n) is 3.13. The average Bonchev–Trinajstić information content (AvgIpc) is 2.30. The number of rotatable bonds is 2. The van der Waals surface area contributed by atoms with Crippen LogP contribution in [0.15, 0.2) is 24.3 Å². The van der Waals surface area contributed by atoms with Crippen LogP contribution in [0, 0.1) is 23.7 Å². The van der Waals surface area contributed by atoms with E-state index in [9.17, 15) is 0 Å². The Bertz CT molecular complexity index is 402. The molecule has 1 rings (SSSR count). The van der Waals surface area contributed by atoms with Crippen LogP contribution >= 0.6 is 0 Å². The summed E-state index contributed by atoms with van der Waals surface area (Å²) in [5.41, 5.74) is 1.79. The maximum atomic E-state index is 8.59. The first-order valence-corrected chi connectivity index (χ1v) is 5.16. The molecule has 2 heteroatoms. The third-order valence-electron chi connectivity index (χ3n) is 1.80. The van der Waals surface area contributed by atoms with Crippen LogP contribution < -0.4 is 0 Å². The SMILES string of the molecule is OCCC#Cc1cccc(C#CCCO)c1. The van der Waals surface area contributed by atoms with Crippen LogP contribution in [-0.4, -0.2) is 23.4 Å². The number of hydrogen-bond acceptors (Lipinski definition) is 2. The van der Waals surface area contributed by atoms with Gasteiger partial charge in [0.15, 0.2) is 0 Å². The molecule has 0 amide bonds. The molecule has 0 unspecified atom stereocenters. The fourth-order valence-corrected chi connectivity index (χ4v) is 1.12. The lowest BCUT2D eigenvalue weighted by Gasteiger charge is -1.92. The van der Waals surface area contributed by atoms with E-state index >= 15 is 0 Å². The number of hydrogen-bond donors (Lipinski definition) is 2. The molecule has 0 radical (unpaired) electrons. The van der Waals surface area contributed by atoms with Crippen molar-refractivity contribution in [3.05, 3.63) is 35.4 Å². The largest absolute Gasteiger partial charge is 0.395 e. The fraction of sp³-hybridized carbons (Fsp3) is 0.286.